The van der Waals surface area contributed by atoms with E-state index in [0.717, 1.165) is 10.8 Å². The summed E-state index contributed by atoms with van der Waals surface area (Å²) in [4.78, 5) is 31.9. The van der Waals surface area contributed by atoms with E-state index in [0.29, 0.717) is 16.1 Å². The molecule has 1 aromatic heterocycles. The largest absolute Gasteiger partial charge is 0.337 e. The maximum Gasteiger partial charge on any atom is 0.261 e. The van der Waals surface area contributed by atoms with Crippen molar-refractivity contribution < 1.29 is 4.79 Å². The third kappa shape index (κ3) is 3.86. The predicted octanol–water partition coefficient (Wildman–Crippen LogP) is 3.82. The fourth-order valence-corrected chi connectivity index (χ4v) is 4.28. The predicted molar refractivity (Wildman–Crippen MR) is 112 cm³/mol. The molecule has 0 saturated carbocycles. The SMILES string of the molecule is CC(C)N(C(=O)CSc1nc2cc3ccccc3cc2c(=O)n1C)C(C)C. The first-order valence-electron chi connectivity index (χ1n) is 9.13. The maximum absolute atomic E-state index is 12.8. The first-order valence-corrected chi connectivity index (χ1v) is 10.1. The summed E-state index contributed by atoms with van der Waals surface area (Å²) in [7, 11) is 1.71. The minimum atomic E-state index is -0.0923. The van der Waals surface area contributed by atoms with Crippen molar-refractivity contribution in [3.8, 4) is 0 Å². The quantitative estimate of drug-likeness (QED) is 0.382. The Labute approximate surface area is 163 Å². The monoisotopic (exact) mass is 383 g/mol. The molecule has 0 bridgehead atoms. The molecule has 27 heavy (non-hydrogen) atoms. The lowest BCUT2D eigenvalue weighted by molar-refractivity contribution is -0.131. The van der Waals surface area contributed by atoms with Crippen LogP contribution in [-0.4, -0.2) is 38.2 Å². The van der Waals surface area contributed by atoms with Crippen LogP contribution < -0.4 is 5.56 Å². The molecule has 1 heterocycles. The molecule has 3 rings (SSSR count). The van der Waals surface area contributed by atoms with Crippen molar-refractivity contribution in [2.45, 2.75) is 44.9 Å². The Morgan fingerprint density at radius 2 is 1.70 bits per heavy atom. The van der Waals surface area contributed by atoms with Crippen LogP contribution in [-0.2, 0) is 11.8 Å². The number of amides is 1. The van der Waals surface area contributed by atoms with Gasteiger partial charge in [-0.3, -0.25) is 14.2 Å². The molecule has 0 spiro atoms. The molecule has 142 valence electrons. The van der Waals surface area contributed by atoms with Crippen LogP contribution in [0.15, 0.2) is 46.3 Å². The lowest BCUT2D eigenvalue weighted by atomic mass is 10.1. The molecule has 0 atom stereocenters. The molecular weight excluding hydrogens is 358 g/mol. The summed E-state index contributed by atoms with van der Waals surface area (Å²) in [5, 5.41) is 3.22. The molecule has 0 aliphatic rings. The van der Waals surface area contributed by atoms with Gasteiger partial charge in [-0.25, -0.2) is 4.98 Å². The van der Waals surface area contributed by atoms with Crippen molar-refractivity contribution in [1.29, 1.82) is 0 Å². The van der Waals surface area contributed by atoms with Gasteiger partial charge in [0.2, 0.25) is 5.91 Å². The fraction of sp³-hybridized carbons (Fsp3) is 0.381. The normalized spacial score (nSPS) is 11.7. The second-order valence-electron chi connectivity index (χ2n) is 7.25. The van der Waals surface area contributed by atoms with E-state index in [2.05, 4.69) is 4.98 Å². The third-order valence-corrected chi connectivity index (χ3v) is 5.64. The number of nitrogens with zero attached hydrogens (tertiary/aromatic N) is 3. The number of hydrogen-bond donors (Lipinski definition) is 0. The number of thioether (sulfide) groups is 1. The highest BCUT2D eigenvalue weighted by Gasteiger charge is 2.21. The van der Waals surface area contributed by atoms with Crippen LogP contribution in [0.1, 0.15) is 27.7 Å². The van der Waals surface area contributed by atoms with Crippen LogP contribution in [0.4, 0.5) is 0 Å². The standard InChI is InChI=1S/C21H25N3O2S/c1-13(2)24(14(3)4)19(25)12-27-21-22-18-11-16-9-7-6-8-15(16)10-17(18)20(26)23(21)5/h6-11,13-14H,12H2,1-5H3. The Kier molecular flexibility index (Phi) is 5.56. The van der Waals surface area contributed by atoms with Crippen LogP contribution in [0.2, 0.25) is 0 Å². The van der Waals surface area contributed by atoms with E-state index in [9.17, 15) is 9.59 Å². The molecule has 0 N–H and O–H groups in total. The number of fused-ring (bicyclic) bond motifs is 2. The number of rotatable bonds is 5. The van der Waals surface area contributed by atoms with Crippen molar-refractivity contribution in [2.75, 3.05) is 5.75 Å². The molecule has 0 aliphatic carbocycles. The van der Waals surface area contributed by atoms with Crippen LogP contribution in [0.5, 0.6) is 0 Å². The molecule has 2 aromatic carbocycles. The van der Waals surface area contributed by atoms with Crippen LogP contribution in [0.3, 0.4) is 0 Å². The summed E-state index contributed by atoms with van der Waals surface area (Å²) in [6, 6.07) is 12.0. The smallest absolute Gasteiger partial charge is 0.261 e. The summed E-state index contributed by atoms with van der Waals surface area (Å²) < 4.78 is 1.53. The highest BCUT2D eigenvalue weighted by molar-refractivity contribution is 7.99. The maximum atomic E-state index is 12.8. The van der Waals surface area contributed by atoms with Crippen LogP contribution >= 0.6 is 11.8 Å². The Balaban J connectivity index is 1.95. The van der Waals surface area contributed by atoms with E-state index < -0.39 is 0 Å². The van der Waals surface area contributed by atoms with Gasteiger partial charge in [-0.15, -0.1) is 0 Å². The Morgan fingerprint density at radius 3 is 2.30 bits per heavy atom. The zero-order valence-corrected chi connectivity index (χ0v) is 17.2. The third-order valence-electron chi connectivity index (χ3n) is 4.63. The Hall–Kier alpha value is -2.34. The molecule has 0 unspecified atom stereocenters. The second-order valence-corrected chi connectivity index (χ2v) is 8.19. The van der Waals surface area contributed by atoms with Crippen molar-refractivity contribution in [1.82, 2.24) is 14.5 Å². The molecule has 5 nitrogen and oxygen atoms in total. The second kappa shape index (κ2) is 7.72. The van der Waals surface area contributed by atoms with Gasteiger partial charge in [-0.1, -0.05) is 36.0 Å². The summed E-state index contributed by atoms with van der Waals surface area (Å²) in [6.45, 7) is 8.05. The van der Waals surface area contributed by atoms with Gasteiger partial charge in [0.15, 0.2) is 5.16 Å². The topological polar surface area (TPSA) is 55.2 Å². The number of carbonyl (C=O) groups excluding carboxylic acids is 1. The first kappa shape index (κ1) is 19.4. The highest BCUT2D eigenvalue weighted by Crippen LogP contribution is 2.23. The summed E-state index contributed by atoms with van der Waals surface area (Å²) >= 11 is 1.31. The van der Waals surface area contributed by atoms with Gasteiger partial charge in [0.1, 0.15) is 0 Å². The van der Waals surface area contributed by atoms with Gasteiger partial charge in [0, 0.05) is 19.1 Å². The van der Waals surface area contributed by atoms with Crippen LogP contribution in [0.25, 0.3) is 21.7 Å². The van der Waals surface area contributed by atoms with E-state index in [4.69, 9.17) is 0 Å². The van der Waals surface area contributed by atoms with Crippen LogP contribution in [0, 0.1) is 0 Å². The molecule has 0 fully saturated rings. The van der Waals surface area contributed by atoms with Gasteiger partial charge in [0.05, 0.1) is 16.7 Å². The zero-order valence-electron chi connectivity index (χ0n) is 16.4. The minimum Gasteiger partial charge on any atom is -0.337 e. The lowest BCUT2D eigenvalue weighted by Crippen LogP contribution is -2.43. The van der Waals surface area contributed by atoms with E-state index in [-0.39, 0.29) is 29.3 Å². The molecule has 1 amide bonds. The van der Waals surface area contributed by atoms with Crippen molar-refractivity contribution in [3.63, 3.8) is 0 Å². The zero-order chi connectivity index (χ0) is 19.7. The minimum absolute atomic E-state index is 0.0536. The van der Waals surface area contributed by atoms with Crippen molar-refractivity contribution >= 4 is 39.3 Å². The summed E-state index contributed by atoms with van der Waals surface area (Å²) in [5.74, 6) is 0.313. The van der Waals surface area contributed by atoms with E-state index in [1.165, 1.54) is 16.3 Å². The fourth-order valence-electron chi connectivity index (χ4n) is 3.44. The van der Waals surface area contributed by atoms with Gasteiger partial charge in [0.25, 0.3) is 5.56 Å². The molecule has 6 heteroatoms. The number of aromatic nitrogens is 2. The lowest BCUT2D eigenvalue weighted by Gasteiger charge is -2.30. The molecule has 0 saturated heterocycles. The average Bonchev–Trinajstić information content (AvgIpc) is 2.61. The Bertz CT molecular complexity index is 1050. The number of carbonyl (C=O) groups is 1. The number of hydrogen-bond acceptors (Lipinski definition) is 4. The Morgan fingerprint density at radius 1 is 1.11 bits per heavy atom. The van der Waals surface area contributed by atoms with E-state index in [1.807, 2.05) is 69.0 Å². The highest BCUT2D eigenvalue weighted by atomic mass is 32.2. The molecule has 0 aliphatic heterocycles. The molecule has 3 aromatic rings. The average molecular weight is 384 g/mol. The van der Waals surface area contributed by atoms with Gasteiger partial charge in [-0.2, -0.15) is 0 Å². The summed E-state index contributed by atoms with van der Waals surface area (Å²) in [6.07, 6.45) is 0. The molecular formula is C21H25N3O2S. The molecule has 0 radical (unpaired) electrons. The van der Waals surface area contributed by atoms with Gasteiger partial charge >= 0.3 is 0 Å². The van der Waals surface area contributed by atoms with Gasteiger partial charge in [-0.05, 0) is 50.6 Å². The summed E-state index contributed by atoms with van der Waals surface area (Å²) in [5.41, 5.74) is 0.571. The van der Waals surface area contributed by atoms with E-state index >= 15 is 0 Å². The van der Waals surface area contributed by atoms with Gasteiger partial charge < -0.3 is 4.90 Å². The van der Waals surface area contributed by atoms with Crippen molar-refractivity contribution in [3.05, 3.63) is 46.8 Å². The van der Waals surface area contributed by atoms with Crippen molar-refractivity contribution in [2.24, 2.45) is 7.05 Å². The first-order chi connectivity index (χ1) is 12.8. The number of benzene rings is 2. The van der Waals surface area contributed by atoms with E-state index in [1.54, 1.807) is 7.05 Å².